The molecule has 0 radical (unpaired) electrons. The molecule has 0 aliphatic heterocycles. The molecule has 7 heteroatoms. The van der Waals surface area contributed by atoms with Crippen LogP contribution in [0, 0.1) is 5.41 Å². The van der Waals surface area contributed by atoms with E-state index in [0.717, 1.165) is 38.6 Å². The second-order valence-corrected chi connectivity index (χ2v) is 6.58. The Bertz CT molecular complexity index is 353. The van der Waals surface area contributed by atoms with Crippen molar-refractivity contribution >= 4 is 11.9 Å². The van der Waals surface area contributed by atoms with Gasteiger partial charge in [0.1, 0.15) is 0 Å². The molecule has 23 heavy (non-hydrogen) atoms. The number of nitrogens with zero attached hydrogens (tertiary/aromatic N) is 2. The largest absolute Gasteiger partial charge is 0.385 e. The predicted octanol–water partition coefficient (Wildman–Crippen LogP) is 0.282. The molecule has 1 amide bonds. The Hall–Kier alpha value is -1.34. The van der Waals surface area contributed by atoms with Crippen molar-refractivity contribution in [1.82, 2.24) is 20.9 Å². The van der Waals surface area contributed by atoms with Gasteiger partial charge in [-0.05, 0) is 13.5 Å². The minimum Gasteiger partial charge on any atom is -0.385 e. The summed E-state index contributed by atoms with van der Waals surface area (Å²) in [5.41, 5.74) is -0.354. The molecule has 3 N–H and O–H groups in total. The summed E-state index contributed by atoms with van der Waals surface area (Å²) in [6, 6.07) is 0. The molecule has 0 aliphatic rings. The van der Waals surface area contributed by atoms with Crippen LogP contribution in [-0.2, 0) is 9.53 Å². The van der Waals surface area contributed by atoms with Crippen LogP contribution >= 0.6 is 0 Å². The molecule has 0 atom stereocenters. The van der Waals surface area contributed by atoms with Crippen molar-refractivity contribution in [2.75, 3.05) is 60.5 Å². The van der Waals surface area contributed by atoms with Crippen molar-refractivity contribution in [3.63, 3.8) is 0 Å². The highest BCUT2D eigenvalue weighted by Crippen LogP contribution is 2.11. The molecule has 136 valence electrons. The van der Waals surface area contributed by atoms with Gasteiger partial charge in [0.05, 0.1) is 0 Å². The maximum absolute atomic E-state index is 11.7. The van der Waals surface area contributed by atoms with Gasteiger partial charge in [0.2, 0.25) is 5.91 Å². The molecule has 0 bridgehead atoms. The Morgan fingerprint density at radius 3 is 2.26 bits per heavy atom. The molecule has 0 saturated carbocycles. The van der Waals surface area contributed by atoms with Crippen molar-refractivity contribution in [2.24, 2.45) is 10.4 Å². The lowest BCUT2D eigenvalue weighted by atomic mass is 9.96. The molecule has 0 saturated heterocycles. The fourth-order valence-electron chi connectivity index (χ4n) is 1.80. The number of carbonyl (C=O) groups is 1. The summed E-state index contributed by atoms with van der Waals surface area (Å²) in [6.07, 6.45) is 1.04. The van der Waals surface area contributed by atoms with E-state index in [1.54, 1.807) is 14.2 Å². The highest BCUT2D eigenvalue weighted by atomic mass is 16.5. The quantitative estimate of drug-likeness (QED) is 0.305. The Kier molecular flexibility index (Phi) is 11.4. The van der Waals surface area contributed by atoms with Gasteiger partial charge in [-0.15, -0.1) is 0 Å². The van der Waals surface area contributed by atoms with Crippen LogP contribution < -0.4 is 16.0 Å². The lowest BCUT2D eigenvalue weighted by Crippen LogP contribution is -2.45. The van der Waals surface area contributed by atoms with Gasteiger partial charge in [-0.25, -0.2) is 0 Å². The number of aliphatic imine (C=N–C) groups is 1. The van der Waals surface area contributed by atoms with Crippen LogP contribution in [0.25, 0.3) is 0 Å². The molecule has 0 aromatic rings. The third-order valence-electron chi connectivity index (χ3n) is 3.28. The summed E-state index contributed by atoms with van der Waals surface area (Å²) in [4.78, 5) is 18.2. The lowest BCUT2D eigenvalue weighted by Gasteiger charge is -2.19. The maximum atomic E-state index is 11.7. The second-order valence-electron chi connectivity index (χ2n) is 6.58. The zero-order valence-electron chi connectivity index (χ0n) is 15.7. The van der Waals surface area contributed by atoms with E-state index in [4.69, 9.17) is 4.74 Å². The van der Waals surface area contributed by atoms with Crippen LogP contribution in [0.3, 0.4) is 0 Å². The number of carbonyl (C=O) groups excluding carboxylic acids is 1. The van der Waals surface area contributed by atoms with Gasteiger partial charge in [-0.1, -0.05) is 20.8 Å². The van der Waals surface area contributed by atoms with Crippen LogP contribution in [0.1, 0.15) is 27.2 Å². The Balaban J connectivity index is 3.77. The number of nitrogens with one attached hydrogen (secondary N) is 3. The molecule has 0 rings (SSSR count). The van der Waals surface area contributed by atoms with E-state index in [2.05, 4.69) is 32.9 Å². The standard InChI is InChI=1S/C16H35N5O2/c1-16(2,3)14(22)18-8-9-19-15(17-4)20-10-12-21(5)11-7-13-23-6/h7-13H2,1-6H3,(H,18,22)(H2,17,19,20). The number of guanidine groups is 1. The summed E-state index contributed by atoms with van der Waals surface area (Å²) in [5, 5.41) is 9.35. The normalized spacial score (nSPS) is 12.4. The van der Waals surface area contributed by atoms with Crippen molar-refractivity contribution in [1.29, 1.82) is 0 Å². The second kappa shape index (κ2) is 12.1. The van der Waals surface area contributed by atoms with Crippen molar-refractivity contribution in [2.45, 2.75) is 27.2 Å². The fourth-order valence-corrected chi connectivity index (χ4v) is 1.80. The number of likely N-dealkylation sites (N-methyl/N-ethyl adjacent to an activating group) is 1. The van der Waals surface area contributed by atoms with Crippen LogP contribution in [0.2, 0.25) is 0 Å². The molecule has 0 aromatic carbocycles. The molecule has 0 unspecified atom stereocenters. The molecule has 7 nitrogen and oxygen atoms in total. The number of rotatable bonds is 10. The van der Waals surface area contributed by atoms with Crippen LogP contribution in [0.5, 0.6) is 0 Å². The lowest BCUT2D eigenvalue weighted by molar-refractivity contribution is -0.128. The van der Waals surface area contributed by atoms with E-state index in [1.165, 1.54) is 0 Å². The van der Waals surface area contributed by atoms with Crippen molar-refractivity contribution in [3.05, 3.63) is 0 Å². The zero-order valence-corrected chi connectivity index (χ0v) is 15.7. The third kappa shape index (κ3) is 11.8. The Morgan fingerprint density at radius 1 is 1.09 bits per heavy atom. The first kappa shape index (κ1) is 21.7. The molecule has 0 fully saturated rings. The van der Waals surface area contributed by atoms with Gasteiger partial charge in [-0.2, -0.15) is 0 Å². The highest BCUT2D eigenvalue weighted by molar-refractivity contribution is 5.81. The predicted molar refractivity (Wildman–Crippen MR) is 95.8 cm³/mol. The van der Waals surface area contributed by atoms with E-state index in [1.807, 2.05) is 20.8 Å². The van der Waals surface area contributed by atoms with Gasteiger partial charge in [-0.3, -0.25) is 9.79 Å². The van der Waals surface area contributed by atoms with Crippen LogP contribution in [0.15, 0.2) is 4.99 Å². The van der Waals surface area contributed by atoms with Gasteiger partial charge in [0.15, 0.2) is 5.96 Å². The molecule has 0 spiro atoms. The molecule has 0 aromatic heterocycles. The Morgan fingerprint density at radius 2 is 1.70 bits per heavy atom. The topological polar surface area (TPSA) is 78.0 Å². The monoisotopic (exact) mass is 329 g/mol. The van der Waals surface area contributed by atoms with E-state index < -0.39 is 0 Å². The molecule has 0 aliphatic carbocycles. The summed E-state index contributed by atoms with van der Waals surface area (Å²) in [7, 11) is 5.56. The van der Waals surface area contributed by atoms with Crippen molar-refractivity contribution in [3.8, 4) is 0 Å². The van der Waals surface area contributed by atoms with E-state index in [0.29, 0.717) is 13.1 Å². The van der Waals surface area contributed by atoms with Gasteiger partial charge in [0.25, 0.3) is 0 Å². The number of hydrogen-bond acceptors (Lipinski definition) is 4. The van der Waals surface area contributed by atoms with Gasteiger partial charge in [0, 0.05) is 58.9 Å². The molecule has 0 heterocycles. The molecular weight excluding hydrogens is 294 g/mol. The number of methoxy groups -OCH3 is 1. The first-order chi connectivity index (χ1) is 10.8. The van der Waals surface area contributed by atoms with Gasteiger partial charge < -0.3 is 25.6 Å². The first-order valence-electron chi connectivity index (χ1n) is 8.21. The van der Waals surface area contributed by atoms with Crippen molar-refractivity contribution < 1.29 is 9.53 Å². The highest BCUT2D eigenvalue weighted by Gasteiger charge is 2.20. The minimum atomic E-state index is -0.354. The summed E-state index contributed by atoms with van der Waals surface area (Å²) in [6.45, 7) is 10.5. The molecular formula is C16H35N5O2. The smallest absolute Gasteiger partial charge is 0.225 e. The number of amides is 1. The number of ether oxygens (including phenoxy) is 1. The first-order valence-corrected chi connectivity index (χ1v) is 8.21. The average Bonchev–Trinajstić information content (AvgIpc) is 2.48. The maximum Gasteiger partial charge on any atom is 0.225 e. The summed E-state index contributed by atoms with van der Waals surface area (Å²) in [5.74, 6) is 0.806. The zero-order chi connectivity index (χ0) is 17.7. The van der Waals surface area contributed by atoms with E-state index >= 15 is 0 Å². The van der Waals surface area contributed by atoms with Crippen LogP contribution in [0.4, 0.5) is 0 Å². The number of hydrogen-bond donors (Lipinski definition) is 3. The van der Waals surface area contributed by atoms with E-state index in [-0.39, 0.29) is 11.3 Å². The SMILES string of the molecule is CN=C(NCCNC(=O)C(C)(C)C)NCCN(C)CCCOC. The third-order valence-corrected chi connectivity index (χ3v) is 3.28. The summed E-state index contributed by atoms with van der Waals surface area (Å²) >= 11 is 0. The Labute approximate surface area is 141 Å². The average molecular weight is 329 g/mol. The minimum absolute atomic E-state index is 0.0555. The fraction of sp³-hybridized carbons (Fsp3) is 0.875. The van der Waals surface area contributed by atoms with E-state index in [9.17, 15) is 4.79 Å². The summed E-state index contributed by atoms with van der Waals surface area (Å²) < 4.78 is 5.04. The van der Waals surface area contributed by atoms with Gasteiger partial charge >= 0.3 is 0 Å². The van der Waals surface area contributed by atoms with Crippen LogP contribution in [-0.4, -0.2) is 77.3 Å².